The van der Waals surface area contributed by atoms with Crippen LogP contribution < -0.4 is 10.5 Å². The molecule has 3 N–H and O–H groups in total. The topological polar surface area (TPSA) is 111 Å². The van der Waals surface area contributed by atoms with E-state index in [0.717, 1.165) is 10.4 Å². The summed E-state index contributed by atoms with van der Waals surface area (Å²) in [5.41, 5.74) is 6.42. The van der Waals surface area contributed by atoms with Crippen LogP contribution in [0.5, 0.6) is 0 Å². The van der Waals surface area contributed by atoms with Crippen LogP contribution in [0.15, 0.2) is 14.8 Å². The Morgan fingerprint density at radius 3 is 2.74 bits per heavy atom. The lowest BCUT2D eigenvalue weighted by atomic mass is 10.3. The molecule has 0 amide bonds. The standard InChI is InChI=1S/C10H14N4O3S2/c1-6-3-10(18-8(6)4-11)19(15,16)12-5-9-13-7(2)17-14-9/h3,12H,4-5,11H2,1-2H3. The fraction of sp³-hybridized carbons (Fsp3) is 0.400. The van der Waals surface area contributed by atoms with Crippen molar-refractivity contribution < 1.29 is 12.9 Å². The molecule has 0 saturated carbocycles. The summed E-state index contributed by atoms with van der Waals surface area (Å²) in [4.78, 5) is 4.78. The highest BCUT2D eigenvalue weighted by atomic mass is 32.2. The van der Waals surface area contributed by atoms with E-state index in [4.69, 9.17) is 10.3 Å². The van der Waals surface area contributed by atoms with Gasteiger partial charge in [-0.05, 0) is 18.6 Å². The zero-order valence-electron chi connectivity index (χ0n) is 10.5. The number of sulfonamides is 1. The SMILES string of the molecule is Cc1nc(CNS(=O)(=O)c2cc(C)c(CN)s2)no1. The Balaban J connectivity index is 2.13. The van der Waals surface area contributed by atoms with Crippen molar-refractivity contribution in [1.29, 1.82) is 0 Å². The van der Waals surface area contributed by atoms with Gasteiger partial charge >= 0.3 is 0 Å². The number of nitrogens with one attached hydrogen (secondary N) is 1. The molecule has 0 spiro atoms. The number of aryl methyl sites for hydroxylation is 2. The Bertz CT molecular complexity index is 675. The van der Waals surface area contributed by atoms with E-state index in [0.29, 0.717) is 18.3 Å². The average molecular weight is 302 g/mol. The van der Waals surface area contributed by atoms with Gasteiger partial charge in [0.1, 0.15) is 4.21 Å². The van der Waals surface area contributed by atoms with Crippen molar-refractivity contribution >= 4 is 21.4 Å². The fourth-order valence-corrected chi connectivity index (χ4v) is 3.96. The van der Waals surface area contributed by atoms with E-state index in [9.17, 15) is 8.42 Å². The molecule has 19 heavy (non-hydrogen) atoms. The molecule has 2 rings (SSSR count). The Kier molecular flexibility index (Phi) is 3.99. The molecule has 0 saturated heterocycles. The molecule has 104 valence electrons. The van der Waals surface area contributed by atoms with E-state index in [2.05, 4.69) is 14.9 Å². The number of nitrogens with two attached hydrogens (primary N) is 1. The van der Waals surface area contributed by atoms with Crippen LogP contribution in [-0.2, 0) is 23.1 Å². The first-order valence-electron chi connectivity index (χ1n) is 5.50. The van der Waals surface area contributed by atoms with Gasteiger partial charge < -0.3 is 10.3 Å². The number of nitrogens with zero attached hydrogens (tertiary/aromatic N) is 2. The Morgan fingerprint density at radius 1 is 1.47 bits per heavy atom. The van der Waals surface area contributed by atoms with E-state index >= 15 is 0 Å². The predicted molar refractivity (Wildman–Crippen MR) is 70.0 cm³/mol. The second-order valence-electron chi connectivity index (χ2n) is 3.93. The van der Waals surface area contributed by atoms with Gasteiger partial charge in [0.15, 0.2) is 5.82 Å². The van der Waals surface area contributed by atoms with E-state index in [1.807, 2.05) is 6.92 Å². The van der Waals surface area contributed by atoms with Crippen molar-refractivity contribution in [3.63, 3.8) is 0 Å². The molecule has 0 aliphatic heterocycles. The lowest BCUT2D eigenvalue weighted by molar-refractivity contribution is 0.387. The summed E-state index contributed by atoms with van der Waals surface area (Å²) in [5.74, 6) is 0.694. The summed E-state index contributed by atoms with van der Waals surface area (Å²) in [6.45, 7) is 3.80. The monoisotopic (exact) mass is 302 g/mol. The minimum Gasteiger partial charge on any atom is -0.340 e. The molecule has 7 nitrogen and oxygen atoms in total. The molecule has 0 atom stereocenters. The molecule has 0 aliphatic carbocycles. The lowest BCUT2D eigenvalue weighted by Crippen LogP contribution is -2.23. The number of thiophene rings is 1. The number of hydrogen-bond acceptors (Lipinski definition) is 7. The molecule has 9 heteroatoms. The van der Waals surface area contributed by atoms with E-state index in [1.165, 1.54) is 11.3 Å². The van der Waals surface area contributed by atoms with Crippen molar-refractivity contribution in [2.24, 2.45) is 5.73 Å². The van der Waals surface area contributed by atoms with Crippen molar-refractivity contribution in [2.45, 2.75) is 31.1 Å². The highest BCUT2D eigenvalue weighted by Gasteiger charge is 2.19. The minimum absolute atomic E-state index is 0.00538. The minimum atomic E-state index is -3.57. The van der Waals surface area contributed by atoms with Crippen LogP contribution >= 0.6 is 11.3 Å². The Morgan fingerprint density at radius 2 is 2.21 bits per heavy atom. The molecule has 2 aromatic rings. The molecule has 0 aliphatic rings. The quantitative estimate of drug-likeness (QED) is 0.840. The van der Waals surface area contributed by atoms with Gasteiger partial charge in [0.25, 0.3) is 0 Å². The highest BCUT2D eigenvalue weighted by Crippen LogP contribution is 2.25. The van der Waals surface area contributed by atoms with Crippen LogP contribution in [-0.4, -0.2) is 18.6 Å². The summed E-state index contributed by atoms with van der Waals surface area (Å²) in [6.07, 6.45) is 0. The molecule has 2 aromatic heterocycles. The van der Waals surface area contributed by atoms with Gasteiger partial charge in [-0.15, -0.1) is 11.3 Å². The van der Waals surface area contributed by atoms with Crippen LogP contribution in [0, 0.1) is 13.8 Å². The normalized spacial score (nSPS) is 11.9. The van der Waals surface area contributed by atoms with Crippen molar-refractivity contribution in [2.75, 3.05) is 0 Å². The third-order valence-corrected chi connectivity index (χ3v) is 5.57. The molecule has 0 unspecified atom stereocenters. The molecule has 0 fully saturated rings. The fourth-order valence-electron chi connectivity index (χ4n) is 1.47. The van der Waals surface area contributed by atoms with Gasteiger partial charge in [0.05, 0.1) is 6.54 Å². The first-order chi connectivity index (χ1) is 8.92. The maximum Gasteiger partial charge on any atom is 0.250 e. The van der Waals surface area contributed by atoms with Gasteiger partial charge in [-0.2, -0.15) is 4.98 Å². The molecule has 0 aromatic carbocycles. The first kappa shape index (κ1) is 14.1. The van der Waals surface area contributed by atoms with E-state index in [-0.39, 0.29) is 10.8 Å². The molecule has 2 heterocycles. The number of aromatic nitrogens is 2. The van der Waals surface area contributed by atoms with Crippen LogP contribution in [0.2, 0.25) is 0 Å². The number of rotatable bonds is 5. The molecular weight excluding hydrogens is 288 g/mol. The predicted octanol–water partition coefficient (Wildman–Crippen LogP) is 0.685. The van der Waals surface area contributed by atoms with E-state index < -0.39 is 10.0 Å². The third kappa shape index (κ3) is 3.18. The second-order valence-corrected chi connectivity index (χ2v) is 7.06. The van der Waals surface area contributed by atoms with Crippen LogP contribution in [0.25, 0.3) is 0 Å². The molecule has 0 radical (unpaired) electrons. The van der Waals surface area contributed by atoms with Gasteiger partial charge in [-0.1, -0.05) is 5.16 Å². The highest BCUT2D eigenvalue weighted by molar-refractivity contribution is 7.91. The van der Waals surface area contributed by atoms with Crippen molar-refractivity contribution in [1.82, 2.24) is 14.9 Å². The maximum absolute atomic E-state index is 12.1. The molecular formula is C10H14N4O3S2. The largest absolute Gasteiger partial charge is 0.340 e. The van der Waals surface area contributed by atoms with E-state index in [1.54, 1.807) is 13.0 Å². The Hall–Kier alpha value is -1.29. The van der Waals surface area contributed by atoms with Crippen LogP contribution in [0.3, 0.4) is 0 Å². The zero-order valence-corrected chi connectivity index (χ0v) is 12.1. The van der Waals surface area contributed by atoms with Crippen LogP contribution in [0.4, 0.5) is 0 Å². The van der Waals surface area contributed by atoms with Crippen molar-refractivity contribution in [3.8, 4) is 0 Å². The van der Waals surface area contributed by atoms with Gasteiger partial charge in [0, 0.05) is 18.3 Å². The summed E-state index contributed by atoms with van der Waals surface area (Å²) in [5, 5.41) is 3.62. The zero-order chi connectivity index (χ0) is 14.0. The van der Waals surface area contributed by atoms with Gasteiger partial charge in [0.2, 0.25) is 15.9 Å². The lowest BCUT2D eigenvalue weighted by Gasteiger charge is -2.01. The van der Waals surface area contributed by atoms with Crippen molar-refractivity contribution in [3.05, 3.63) is 28.2 Å². The summed E-state index contributed by atoms with van der Waals surface area (Å²) >= 11 is 1.17. The summed E-state index contributed by atoms with van der Waals surface area (Å²) in [7, 11) is -3.57. The molecule has 0 bridgehead atoms. The first-order valence-corrected chi connectivity index (χ1v) is 7.80. The second kappa shape index (κ2) is 5.37. The summed E-state index contributed by atoms with van der Waals surface area (Å²) < 4.78 is 31.6. The Labute approximate surface area is 114 Å². The third-order valence-electron chi connectivity index (χ3n) is 2.44. The number of hydrogen-bond donors (Lipinski definition) is 2. The smallest absolute Gasteiger partial charge is 0.250 e. The van der Waals surface area contributed by atoms with Gasteiger partial charge in [-0.25, -0.2) is 13.1 Å². The van der Waals surface area contributed by atoms with Crippen LogP contribution in [0.1, 0.15) is 22.2 Å². The average Bonchev–Trinajstić information content (AvgIpc) is 2.93. The van der Waals surface area contributed by atoms with Gasteiger partial charge in [-0.3, -0.25) is 0 Å². The maximum atomic E-state index is 12.1. The summed E-state index contributed by atoms with van der Waals surface area (Å²) in [6, 6.07) is 1.61.